The normalized spacial score (nSPS) is 12.5. The summed E-state index contributed by atoms with van der Waals surface area (Å²) in [6, 6.07) is 19.2. The Morgan fingerprint density at radius 2 is 1.80 bits per heavy atom. The average Bonchev–Trinajstić information content (AvgIpc) is 2.49. The summed E-state index contributed by atoms with van der Waals surface area (Å²) in [7, 11) is 0. The molecule has 3 rings (SSSR count). The van der Waals surface area contributed by atoms with Gasteiger partial charge in [-0.1, -0.05) is 64.5 Å². The minimum atomic E-state index is 0.281. The van der Waals surface area contributed by atoms with Gasteiger partial charge in [0.05, 0.1) is 0 Å². The highest BCUT2D eigenvalue weighted by Crippen LogP contribution is 2.32. The molecule has 1 aromatic heterocycles. The second-order valence-electron chi connectivity index (χ2n) is 5.07. The molecule has 1 heterocycles. The number of hydrogen-bond donors (Lipinski definition) is 0. The van der Waals surface area contributed by atoms with Gasteiger partial charge in [0.25, 0.3) is 0 Å². The van der Waals surface area contributed by atoms with Gasteiger partial charge in [0.15, 0.2) is 0 Å². The van der Waals surface area contributed by atoms with E-state index in [1.165, 1.54) is 21.9 Å². The highest BCUT2D eigenvalue weighted by molar-refractivity contribution is 9.09. The van der Waals surface area contributed by atoms with Crippen molar-refractivity contribution in [2.75, 3.05) is 0 Å². The summed E-state index contributed by atoms with van der Waals surface area (Å²) >= 11 is 3.82. The number of hydrogen-bond acceptors (Lipinski definition) is 1. The first-order chi connectivity index (χ1) is 9.74. The minimum absolute atomic E-state index is 0.281. The van der Waals surface area contributed by atoms with Crippen LogP contribution in [0.25, 0.3) is 10.8 Å². The number of pyridine rings is 1. The van der Waals surface area contributed by atoms with Gasteiger partial charge >= 0.3 is 0 Å². The summed E-state index contributed by atoms with van der Waals surface area (Å²) in [5.74, 6) is 0. The smallest absolute Gasteiger partial charge is 0.0456 e. The van der Waals surface area contributed by atoms with Crippen molar-refractivity contribution in [1.82, 2.24) is 4.98 Å². The highest BCUT2D eigenvalue weighted by Gasteiger charge is 2.12. The zero-order valence-corrected chi connectivity index (χ0v) is 13.0. The van der Waals surface area contributed by atoms with E-state index in [-0.39, 0.29) is 4.83 Å². The Morgan fingerprint density at radius 3 is 2.60 bits per heavy atom. The van der Waals surface area contributed by atoms with Gasteiger partial charge in [0.2, 0.25) is 0 Å². The van der Waals surface area contributed by atoms with Gasteiger partial charge < -0.3 is 0 Å². The van der Waals surface area contributed by atoms with E-state index in [0.717, 1.165) is 12.1 Å². The van der Waals surface area contributed by atoms with Crippen molar-refractivity contribution in [1.29, 1.82) is 0 Å². The van der Waals surface area contributed by atoms with E-state index in [1.807, 2.05) is 6.20 Å². The van der Waals surface area contributed by atoms with Crippen molar-refractivity contribution in [2.45, 2.75) is 18.2 Å². The molecule has 0 N–H and O–H groups in total. The Morgan fingerprint density at radius 1 is 1.00 bits per heavy atom. The van der Waals surface area contributed by atoms with E-state index in [9.17, 15) is 0 Å². The molecule has 0 saturated heterocycles. The molecule has 0 spiro atoms. The quantitative estimate of drug-likeness (QED) is 0.601. The summed E-state index contributed by atoms with van der Waals surface area (Å²) in [5, 5.41) is 2.59. The molecule has 0 saturated carbocycles. The molecule has 0 fully saturated rings. The van der Waals surface area contributed by atoms with Crippen LogP contribution >= 0.6 is 15.9 Å². The zero-order valence-electron chi connectivity index (χ0n) is 11.4. The first kappa shape index (κ1) is 13.3. The SMILES string of the molecule is Cc1ccc(CC(Br)c2cccc3ccccc23)nc1. The Bertz CT molecular complexity index is 714. The molecular weight excluding hydrogens is 310 g/mol. The highest BCUT2D eigenvalue weighted by atomic mass is 79.9. The van der Waals surface area contributed by atoms with E-state index in [1.54, 1.807) is 0 Å². The monoisotopic (exact) mass is 325 g/mol. The fourth-order valence-corrected chi connectivity index (χ4v) is 3.17. The van der Waals surface area contributed by atoms with Crippen molar-refractivity contribution in [3.63, 3.8) is 0 Å². The predicted octanol–water partition coefficient (Wildman–Crippen LogP) is 5.22. The van der Waals surface area contributed by atoms with Gasteiger partial charge in [0, 0.05) is 23.1 Å². The molecule has 2 heteroatoms. The summed E-state index contributed by atoms with van der Waals surface area (Å²) in [6.07, 6.45) is 2.83. The zero-order chi connectivity index (χ0) is 13.9. The van der Waals surface area contributed by atoms with Crippen LogP contribution in [-0.2, 0) is 6.42 Å². The van der Waals surface area contributed by atoms with Crippen molar-refractivity contribution in [3.05, 3.63) is 77.6 Å². The number of rotatable bonds is 3. The van der Waals surface area contributed by atoms with Crippen LogP contribution < -0.4 is 0 Å². The summed E-state index contributed by atoms with van der Waals surface area (Å²) in [5.41, 5.74) is 3.64. The fourth-order valence-electron chi connectivity index (χ4n) is 2.44. The third kappa shape index (κ3) is 2.75. The molecule has 1 unspecified atom stereocenters. The van der Waals surface area contributed by atoms with Crippen LogP contribution in [0.5, 0.6) is 0 Å². The summed E-state index contributed by atoms with van der Waals surface area (Å²) in [4.78, 5) is 4.78. The number of aryl methyl sites for hydroxylation is 1. The Kier molecular flexibility index (Phi) is 3.83. The lowest BCUT2D eigenvalue weighted by molar-refractivity contribution is 0.908. The lowest BCUT2D eigenvalue weighted by Crippen LogP contribution is -1.98. The van der Waals surface area contributed by atoms with Crippen LogP contribution in [0.3, 0.4) is 0 Å². The molecule has 2 aromatic carbocycles. The van der Waals surface area contributed by atoms with Crippen molar-refractivity contribution in [3.8, 4) is 0 Å². The third-order valence-electron chi connectivity index (χ3n) is 3.52. The Labute approximate surface area is 127 Å². The largest absolute Gasteiger partial charge is 0.261 e. The fraction of sp³-hybridized carbons (Fsp3) is 0.167. The number of benzene rings is 2. The van der Waals surface area contributed by atoms with Gasteiger partial charge in [-0.3, -0.25) is 4.98 Å². The minimum Gasteiger partial charge on any atom is -0.261 e. The van der Waals surface area contributed by atoms with E-state index < -0.39 is 0 Å². The molecule has 3 aromatic rings. The predicted molar refractivity (Wildman–Crippen MR) is 88.3 cm³/mol. The first-order valence-electron chi connectivity index (χ1n) is 6.77. The van der Waals surface area contributed by atoms with Crippen LogP contribution in [0.15, 0.2) is 60.8 Å². The van der Waals surface area contributed by atoms with E-state index in [2.05, 4.69) is 82.4 Å². The number of aromatic nitrogens is 1. The maximum absolute atomic E-state index is 4.49. The molecular formula is C18H16BrN. The average molecular weight is 326 g/mol. The molecule has 0 aliphatic rings. The number of fused-ring (bicyclic) bond motifs is 1. The van der Waals surface area contributed by atoms with E-state index >= 15 is 0 Å². The van der Waals surface area contributed by atoms with Gasteiger partial charge in [-0.15, -0.1) is 0 Å². The molecule has 1 atom stereocenters. The molecule has 0 amide bonds. The van der Waals surface area contributed by atoms with Crippen molar-refractivity contribution >= 4 is 26.7 Å². The molecule has 0 bridgehead atoms. The van der Waals surface area contributed by atoms with Gasteiger partial charge in [-0.2, -0.15) is 0 Å². The lowest BCUT2D eigenvalue weighted by atomic mass is 10.00. The molecule has 1 nitrogen and oxygen atoms in total. The van der Waals surface area contributed by atoms with Crippen molar-refractivity contribution < 1.29 is 0 Å². The summed E-state index contributed by atoms with van der Waals surface area (Å²) in [6.45, 7) is 2.06. The van der Waals surface area contributed by atoms with Crippen LogP contribution in [0.1, 0.15) is 21.6 Å². The number of halogens is 1. The number of nitrogens with zero attached hydrogens (tertiary/aromatic N) is 1. The Balaban J connectivity index is 1.92. The van der Waals surface area contributed by atoms with Crippen LogP contribution in [-0.4, -0.2) is 4.98 Å². The molecule has 0 aliphatic carbocycles. The van der Waals surface area contributed by atoms with Gasteiger partial charge in [-0.25, -0.2) is 0 Å². The standard InChI is InChI=1S/C18H16BrN/c1-13-9-10-15(20-12-13)11-18(19)17-8-4-6-14-5-2-3-7-16(14)17/h2-10,12,18H,11H2,1H3. The first-order valence-corrected chi connectivity index (χ1v) is 7.69. The molecule has 0 aliphatic heterocycles. The van der Waals surface area contributed by atoms with E-state index in [0.29, 0.717) is 0 Å². The van der Waals surface area contributed by atoms with Gasteiger partial charge in [0.1, 0.15) is 0 Å². The van der Waals surface area contributed by atoms with E-state index in [4.69, 9.17) is 0 Å². The molecule has 100 valence electrons. The van der Waals surface area contributed by atoms with Crippen LogP contribution in [0.2, 0.25) is 0 Å². The second-order valence-corrected chi connectivity index (χ2v) is 6.17. The third-order valence-corrected chi connectivity index (χ3v) is 4.34. The molecule has 0 radical (unpaired) electrons. The van der Waals surface area contributed by atoms with Crippen LogP contribution in [0.4, 0.5) is 0 Å². The van der Waals surface area contributed by atoms with Gasteiger partial charge in [-0.05, 0) is 34.9 Å². The molecule has 20 heavy (non-hydrogen) atoms. The lowest BCUT2D eigenvalue weighted by Gasteiger charge is -2.13. The topological polar surface area (TPSA) is 12.9 Å². The maximum Gasteiger partial charge on any atom is 0.0456 e. The van der Waals surface area contributed by atoms with Crippen LogP contribution in [0, 0.1) is 6.92 Å². The second kappa shape index (κ2) is 5.76. The maximum atomic E-state index is 4.49. The summed E-state index contributed by atoms with van der Waals surface area (Å²) < 4.78 is 0. The Hall–Kier alpha value is -1.67. The van der Waals surface area contributed by atoms with Crippen molar-refractivity contribution in [2.24, 2.45) is 0 Å². The number of alkyl halides is 1.